The topological polar surface area (TPSA) is 67.4 Å². The lowest BCUT2D eigenvalue weighted by Gasteiger charge is -2.27. The molecule has 7 heteroatoms. The Labute approximate surface area is 173 Å². The van der Waals surface area contributed by atoms with Crippen molar-refractivity contribution in [3.63, 3.8) is 0 Å². The summed E-state index contributed by atoms with van der Waals surface area (Å²) in [6, 6.07) is 8.86. The Kier molecular flexibility index (Phi) is 4.93. The van der Waals surface area contributed by atoms with Crippen LogP contribution >= 0.6 is 11.3 Å². The molecule has 2 aromatic heterocycles. The quantitative estimate of drug-likeness (QED) is 0.710. The van der Waals surface area contributed by atoms with E-state index < -0.39 is 0 Å². The van der Waals surface area contributed by atoms with Crippen LogP contribution in [0.4, 0.5) is 5.82 Å². The van der Waals surface area contributed by atoms with Gasteiger partial charge in [-0.15, -0.1) is 11.3 Å². The zero-order valence-corrected chi connectivity index (χ0v) is 17.3. The lowest BCUT2D eigenvalue weighted by Crippen LogP contribution is -2.40. The van der Waals surface area contributed by atoms with Crippen LogP contribution in [0.1, 0.15) is 45.2 Å². The zero-order valence-electron chi connectivity index (χ0n) is 16.5. The van der Waals surface area contributed by atoms with Crippen LogP contribution in [0.5, 0.6) is 0 Å². The predicted octanol–water partition coefficient (Wildman–Crippen LogP) is 3.96. The van der Waals surface area contributed by atoms with Crippen LogP contribution in [0.15, 0.2) is 30.6 Å². The van der Waals surface area contributed by atoms with E-state index in [4.69, 9.17) is 4.74 Å². The van der Waals surface area contributed by atoms with Gasteiger partial charge in [0.15, 0.2) is 0 Å². The Balaban J connectivity index is 1.49. The Morgan fingerprint density at radius 1 is 1.24 bits per heavy atom. The number of amides is 1. The normalized spacial score (nSPS) is 19.2. The van der Waals surface area contributed by atoms with Crippen LogP contribution in [-0.4, -0.2) is 47.1 Å². The summed E-state index contributed by atoms with van der Waals surface area (Å²) in [5.41, 5.74) is 3.73. The second-order valence-electron chi connectivity index (χ2n) is 7.65. The number of benzene rings is 1. The minimum Gasteiger partial charge on any atom is -0.378 e. The van der Waals surface area contributed by atoms with Gasteiger partial charge < -0.3 is 15.0 Å². The van der Waals surface area contributed by atoms with Gasteiger partial charge in [-0.2, -0.15) is 0 Å². The van der Waals surface area contributed by atoms with E-state index in [1.54, 1.807) is 6.33 Å². The van der Waals surface area contributed by atoms with Crippen molar-refractivity contribution in [2.24, 2.45) is 0 Å². The lowest BCUT2D eigenvalue weighted by molar-refractivity contribution is 0.0306. The van der Waals surface area contributed by atoms with Crippen molar-refractivity contribution in [1.82, 2.24) is 14.9 Å². The molecule has 3 heterocycles. The van der Waals surface area contributed by atoms with E-state index >= 15 is 0 Å². The summed E-state index contributed by atoms with van der Waals surface area (Å²) < 4.78 is 5.38. The monoisotopic (exact) mass is 408 g/mol. The van der Waals surface area contributed by atoms with E-state index in [1.807, 2.05) is 11.8 Å². The van der Waals surface area contributed by atoms with Gasteiger partial charge >= 0.3 is 0 Å². The number of hydrogen-bond donors (Lipinski definition) is 1. The number of aromatic nitrogens is 2. The summed E-state index contributed by atoms with van der Waals surface area (Å²) in [6.45, 7) is 4.49. The maximum absolute atomic E-state index is 13.1. The van der Waals surface area contributed by atoms with Crippen molar-refractivity contribution in [3.8, 4) is 0 Å². The standard InChI is InChI=1S/C22H24N4O2S/c1-14-18-20(25-17-8-4-6-15-5-2-3-7-16(15)17)23-13-24-21(18)29-19(14)22(27)26-9-11-28-12-10-26/h2-3,5,7,13,17H,4,6,8-12H2,1H3,(H,23,24,25)/t17-/m0/s1. The Bertz CT molecular complexity index is 1060. The smallest absolute Gasteiger partial charge is 0.264 e. The first-order chi connectivity index (χ1) is 14.2. The minimum atomic E-state index is 0.0720. The highest BCUT2D eigenvalue weighted by molar-refractivity contribution is 7.20. The molecule has 0 bridgehead atoms. The summed E-state index contributed by atoms with van der Waals surface area (Å²) in [5.74, 6) is 0.897. The number of fused-ring (bicyclic) bond motifs is 2. The number of aryl methyl sites for hydroxylation is 2. The van der Waals surface area contributed by atoms with Crippen molar-refractivity contribution < 1.29 is 9.53 Å². The molecule has 1 fully saturated rings. The molecule has 0 saturated carbocycles. The lowest BCUT2D eigenvalue weighted by atomic mass is 9.87. The van der Waals surface area contributed by atoms with E-state index in [0.717, 1.165) is 45.7 Å². The molecule has 1 amide bonds. The average molecular weight is 409 g/mol. The third kappa shape index (κ3) is 3.38. The SMILES string of the molecule is Cc1c(C(=O)N2CCOCC2)sc2ncnc(N[C@H]3CCCc4ccccc43)c12. The summed E-state index contributed by atoms with van der Waals surface area (Å²) in [6.07, 6.45) is 4.96. The molecule has 0 spiro atoms. The molecule has 0 unspecified atom stereocenters. The highest BCUT2D eigenvalue weighted by atomic mass is 32.1. The van der Waals surface area contributed by atoms with Crippen LogP contribution in [0, 0.1) is 6.92 Å². The molecular formula is C22H24N4O2S. The molecule has 0 radical (unpaired) electrons. The number of nitrogens with zero attached hydrogens (tertiary/aromatic N) is 3. The number of rotatable bonds is 3. The van der Waals surface area contributed by atoms with E-state index in [0.29, 0.717) is 26.3 Å². The summed E-state index contributed by atoms with van der Waals surface area (Å²) >= 11 is 1.46. The molecule has 1 aliphatic carbocycles. The third-order valence-electron chi connectivity index (χ3n) is 5.90. The summed E-state index contributed by atoms with van der Waals surface area (Å²) in [7, 11) is 0. The second kappa shape index (κ2) is 7.72. The number of nitrogens with one attached hydrogen (secondary N) is 1. The number of morpholine rings is 1. The number of carbonyl (C=O) groups excluding carboxylic acids is 1. The maximum atomic E-state index is 13.1. The van der Waals surface area contributed by atoms with Gasteiger partial charge in [-0.25, -0.2) is 9.97 Å². The van der Waals surface area contributed by atoms with Crippen LogP contribution in [-0.2, 0) is 11.2 Å². The Hall–Kier alpha value is -2.51. The van der Waals surface area contributed by atoms with E-state index in [-0.39, 0.29) is 11.9 Å². The summed E-state index contributed by atoms with van der Waals surface area (Å²) in [5, 5.41) is 4.63. The average Bonchev–Trinajstić information content (AvgIpc) is 3.11. The number of thiophene rings is 1. The number of anilines is 1. The van der Waals surface area contributed by atoms with E-state index in [9.17, 15) is 4.79 Å². The largest absolute Gasteiger partial charge is 0.378 e. The van der Waals surface area contributed by atoms with Crippen molar-refractivity contribution in [1.29, 1.82) is 0 Å². The molecule has 1 N–H and O–H groups in total. The number of carbonyl (C=O) groups is 1. The molecule has 1 aliphatic heterocycles. The third-order valence-corrected chi connectivity index (χ3v) is 7.09. The van der Waals surface area contributed by atoms with E-state index in [1.165, 1.54) is 22.5 Å². The van der Waals surface area contributed by atoms with Crippen molar-refractivity contribution in [3.05, 3.63) is 52.2 Å². The molecule has 5 rings (SSSR count). The van der Waals surface area contributed by atoms with Crippen molar-refractivity contribution >= 4 is 33.3 Å². The molecule has 29 heavy (non-hydrogen) atoms. The van der Waals surface area contributed by atoms with Gasteiger partial charge in [-0.1, -0.05) is 24.3 Å². The first kappa shape index (κ1) is 18.5. The zero-order chi connectivity index (χ0) is 19.8. The highest BCUT2D eigenvalue weighted by Gasteiger charge is 2.26. The molecule has 1 atom stereocenters. The van der Waals surface area contributed by atoms with Crippen molar-refractivity contribution in [2.45, 2.75) is 32.2 Å². The summed E-state index contributed by atoms with van der Waals surface area (Å²) in [4.78, 5) is 25.6. The van der Waals surface area contributed by atoms with Crippen molar-refractivity contribution in [2.75, 3.05) is 31.6 Å². The second-order valence-corrected chi connectivity index (χ2v) is 8.65. The molecule has 3 aromatic rings. The first-order valence-corrected chi connectivity index (χ1v) is 11.0. The van der Waals surface area contributed by atoms with Crippen LogP contribution in [0.25, 0.3) is 10.2 Å². The van der Waals surface area contributed by atoms with Gasteiger partial charge in [-0.05, 0) is 42.9 Å². The van der Waals surface area contributed by atoms with Gasteiger partial charge in [-0.3, -0.25) is 4.79 Å². The van der Waals surface area contributed by atoms with Gasteiger partial charge in [0.05, 0.1) is 29.5 Å². The number of ether oxygens (including phenoxy) is 1. The first-order valence-electron chi connectivity index (χ1n) is 10.2. The van der Waals surface area contributed by atoms with Gasteiger partial charge in [0.25, 0.3) is 5.91 Å². The van der Waals surface area contributed by atoms with Gasteiger partial charge in [0.1, 0.15) is 17.0 Å². The maximum Gasteiger partial charge on any atom is 0.264 e. The Morgan fingerprint density at radius 2 is 2.07 bits per heavy atom. The van der Waals surface area contributed by atoms with Crippen LogP contribution in [0.3, 0.4) is 0 Å². The van der Waals surface area contributed by atoms with Crippen LogP contribution < -0.4 is 5.32 Å². The highest BCUT2D eigenvalue weighted by Crippen LogP contribution is 2.37. The molecule has 1 saturated heterocycles. The fraction of sp³-hybridized carbons (Fsp3) is 0.409. The van der Waals surface area contributed by atoms with E-state index in [2.05, 4.69) is 39.6 Å². The van der Waals surface area contributed by atoms with Crippen LogP contribution in [0.2, 0.25) is 0 Å². The number of hydrogen-bond acceptors (Lipinski definition) is 6. The predicted molar refractivity (Wildman–Crippen MR) is 115 cm³/mol. The molecule has 6 nitrogen and oxygen atoms in total. The fourth-order valence-electron chi connectivity index (χ4n) is 4.36. The van der Waals surface area contributed by atoms with Gasteiger partial charge in [0, 0.05) is 13.1 Å². The molecular weight excluding hydrogens is 384 g/mol. The fourth-order valence-corrected chi connectivity index (χ4v) is 5.48. The van der Waals surface area contributed by atoms with Gasteiger partial charge in [0.2, 0.25) is 0 Å². The molecule has 2 aliphatic rings. The minimum absolute atomic E-state index is 0.0720. The molecule has 150 valence electrons. The Morgan fingerprint density at radius 3 is 2.93 bits per heavy atom. The molecule has 1 aromatic carbocycles.